The van der Waals surface area contributed by atoms with Gasteiger partial charge in [-0.2, -0.15) is 0 Å². The standard InChI is InChI=1S/C19H30N4O/c1-21-13-15-22(16-14-21)18-7-5-17(6-8-18)20-10-9-19(24)23-11-3-2-4-12-23/h5-8,20H,2-4,9-16H2,1H3. The van der Waals surface area contributed by atoms with Crippen molar-refractivity contribution in [2.45, 2.75) is 25.7 Å². The molecule has 0 radical (unpaired) electrons. The Morgan fingerprint density at radius 2 is 1.62 bits per heavy atom. The number of piperidine rings is 1. The highest BCUT2D eigenvalue weighted by Gasteiger charge is 2.16. The quantitative estimate of drug-likeness (QED) is 0.899. The van der Waals surface area contributed by atoms with Crippen LogP contribution in [0.1, 0.15) is 25.7 Å². The molecule has 0 saturated carbocycles. The maximum atomic E-state index is 12.2. The lowest BCUT2D eigenvalue weighted by molar-refractivity contribution is -0.131. The van der Waals surface area contributed by atoms with E-state index in [0.717, 1.165) is 57.8 Å². The van der Waals surface area contributed by atoms with Crippen LogP contribution in [-0.4, -0.2) is 68.6 Å². The minimum absolute atomic E-state index is 0.288. The second-order valence-corrected chi connectivity index (χ2v) is 6.96. The van der Waals surface area contributed by atoms with Crippen molar-refractivity contribution in [3.05, 3.63) is 24.3 Å². The van der Waals surface area contributed by atoms with Crippen molar-refractivity contribution in [1.29, 1.82) is 0 Å². The molecule has 5 nitrogen and oxygen atoms in total. The predicted octanol–water partition coefficient (Wildman–Crippen LogP) is 2.25. The van der Waals surface area contributed by atoms with Crippen LogP contribution >= 0.6 is 0 Å². The van der Waals surface area contributed by atoms with Gasteiger partial charge in [-0.3, -0.25) is 4.79 Å². The first-order valence-corrected chi connectivity index (χ1v) is 9.27. The van der Waals surface area contributed by atoms with Gasteiger partial charge in [0.25, 0.3) is 0 Å². The Balaban J connectivity index is 1.42. The van der Waals surface area contributed by atoms with Crippen molar-refractivity contribution in [1.82, 2.24) is 9.80 Å². The monoisotopic (exact) mass is 330 g/mol. The number of hydrogen-bond acceptors (Lipinski definition) is 4. The summed E-state index contributed by atoms with van der Waals surface area (Å²) in [6.07, 6.45) is 4.17. The highest BCUT2D eigenvalue weighted by Crippen LogP contribution is 2.19. The second kappa shape index (κ2) is 8.38. The molecule has 0 bridgehead atoms. The molecule has 0 aromatic heterocycles. The molecule has 1 amide bonds. The summed E-state index contributed by atoms with van der Waals surface area (Å²) in [4.78, 5) is 19.0. The summed E-state index contributed by atoms with van der Waals surface area (Å²) in [6.45, 7) is 7.03. The summed E-state index contributed by atoms with van der Waals surface area (Å²) in [5.41, 5.74) is 2.39. The van der Waals surface area contributed by atoms with Crippen molar-refractivity contribution >= 4 is 17.3 Å². The Morgan fingerprint density at radius 1 is 0.958 bits per heavy atom. The fraction of sp³-hybridized carbons (Fsp3) is 0.632. The maximum absolute atomic E-state index is 12.2. The first kappa shape index (κ1) is 17.1. The third-order valence-corrected chi connectivity index (χ3v) is 5.11. The number of nitrogens with one attached hydrogen (secondary N) is 1. The molecule has 1 aromatic carbocycles. The SMILES string of the molecule is CN1CCN(c2ccc(NCCC(=O)N3CCCCC3)cc2)CC1. The highest BCUT2D eigenvalue weighted by atomic mass is 16.2. The molecule has 2 aliphatic heterocycles. The molecule has 132 valence electrons. The number of rotatable bonds is 5. The van der Waals surface area contributed by atoms with Crippen LogP contribution in [0.5, 0.6) is 0 Å². The van der Waals surface area contributed by atoms with E-state index >= 15 is 0 Å². The van der Waals surface area contributed by atoms with E-state index in [0.29, 0.717) is 13.0 Å². The van der Waals surface area contributed by atoms with Gasteiger partial charge in [-0.1, -0.05) is 0 Å². The summed E-state index contributed by atoms with van der Waals surface area (Å²) in [7, 11) is 2.18. The van der Waals surface area contributed by atoms with Gasteiger partial charge in [0, 0.05) is 63.6 Å². The second-order valence-electron chi connectivity index (χ2n) is 6.96. The molecule has 1 aromatic rings. The zero-order valence-corrected chi connectivity index (χ0v) is 14.8. The zero-order chi connectivity index (χ0) is 16.8. The van der Waals surface area contributed by atoms with E-state index in [2.05, 4.69) is 46.4 Å². The smallest absolute Gasteiger partial charge is 0.224 e. The van der Waals surface area contributed by atoms with Crippen LogP contribution in [0.3, 0.4) is 0 Å². The van der Waals surface area contributed by atoms with E-state index in [4.69, 9.17) is 0 Å². The molecular formula is C19H30N4O. The average molecular weight is 330 g/mol. The van der Waals surface area contributed by atoms with Crippen molar-refractivity contribution < 1.29 is 4.79 Å². The van der Waals surface area contributed by atoms with Crippen LogP contribution in [0.4, 0.5) is 11.4 Å². The number of nitrogens with zero attached hydrogens (tertiary/aromatic N) is 3. The first-order chi connectivity index (χ1) is 11.7. The molecule has 1 N–H and O–H groups in total. The van der Waals surface area contributed by atoms with Gasteiger partial charge in [-0.25, -0.2) is 0 Å². The number of hydrogen-bond donors (Lipinski definition) is 1. The Labute approximate surface area is 145 Å². The van der Waals surface area contributed by atoms with E-state index < -0.39 is 0 Å². The Hall–Kier alpha value is -1.75. The lowest BCUT2D eigenvalue weighted by atomic mass is 10.1. The highest BCUT2D eigenvalue weighted by molar-refractivity contribution is 5.76. The topological polar surface area (TPSA) is 38.8 Å². The van der Waals surface area contributed by atoms with Gasteiger partial charge in [-0.15, -0.1) is 0 Å². The average Bonchev–Trinajstić information content (AvgIpc) is 2.64. The summed E-state index contributed by atoms with van der Waals surface area (Å²) in [5.74, 6) is 0.288. The Morgan fingerprint density at radius 3 is 2.29 bits per heavy atom. The third-order valence-electron chi connectivity index (χ3n) is 5.11. The first-order valence-electron chi connectivity index (χ1n) is 9.27. The van der Waals surface area contributed by atoms with Crippen LogP contribution in [0.25, 0.3) is 0 Å². The minimum atomic E-state index is 0.288. The molecule has 5 heteroatoms. The van der Waals surface area contributed by atoms with Gasteiger partial charge in [0.15, 0.2) is 0 Å². The largest absolute Gasteiger partial charge is 0.385 e. The van der Waals surface area contributed by atoms with E-state index in [1.807, 2.05) is 4.90 Å². The van der Waals surface area contributed by atoms with Crippen LogP contribution < -0.4 is 10.2 Å². The van der Waals surface area contributed by atoms with Crippen molar-refractivity contribution in [3.63, 3.8) is 0 Å². The molecule has 0 spiro atoms. The number of likely N-dealkylation sites (tertiary alicyclic amines) is 1. The van der Waals surface area contributed by atoms with Crippen molar-refractivity contribution in [2.75, 3.05) is 63.1 Å². The molecule has 3 rings (SSSR count). The molecule has 24 heavy (non-hydrogen) atoms. The summed E-state index contributed by atoms with van der Waals surface area (Å²) in [6, 6.07) is 8.61. The molecule has 0 unspecified atom stereocenters. The van der Waals surface area contributed by atoms with Crippen LogP contribution in [0, 0.1) is 0 Å². The summed E-state index contributed by atoms with van der Waals surface area (Å²) < 4.78 is 0. The normalized spacial score (nSPS) is 19.4. The molecule has 0 aliphatic carbocycles. The van der Waals surface area contributed by atoms with Gasteiger partial charge < -0.3 is 20.0 Å². The number of carbonyl (C=O) groups excluding carboxylic acids is 1. The van der Waals surface area contributed by atoms with E-state index in [1.54, 1.807) is 0 Å². The molecule has 2 heterocycles. The molecule has 0 atom stereocenters. The van der Waals surface area contributed by atoms with Gasteiger partial charge in [0.05, 0.1) is 0 Å². The number of anilines is 2. The number of piperazine rings is 1. The van der Waals surface area contributed by atoms with Crippen molar-refractivity contribution in [3.8, 4) is 0 Å². The Kier molecular flexibility index (Phi) is 5.96. The number of likely N-dealkylation sites (N-methyl/N-ethyl adjacent to an activating group) is 1. The van der Waals surface area contributed by atoms with Crippen molar-refractivity contribution in [2.24, 2.45) is 0 Å². The number of benzene rings is 1. The van der Waals surface area contributed by atoms with Gasteiger partial charge in [-0.05, 0) is 50.6 Å². The molecular weight excluding hydrogens is 300 g/mol. The molecule has 2 aliphatic rings. The summed E-state index contributed by atoms with van der Waals surface area (Å²) >= 11 is 0. The third kappa shape index (κ3) is 4.63. The number of carbonyl (C=O) groups is 1. The number of amides is 1. The van der Waals surface area contributed by atoms with E-state index in [-0.39, 0.29) is 5.91 Å². The lowest BCUT2D eigenvalue weighted by Gasteiger charge is -2.34. The van der Waals surface area contributed by atoms with Gasteiger partial charge in [0.2, 0.25) is 5.91 Å². The van der Waals surface area contributed by atoms with E-state index in [9.17, 15) is 4.79 Å². The predicted molar refractivity (Wildman–Crippen MR) is 99.7 cm³/mol. The fourth-order valence-corrected chi connectivity index (χ4v) is 3.47. The molecule has 2 saturated heterocycles. The van der Waals surface area contributed by atoms with Crippen LogP contribution in [0.2, 0.25) is 0 Å². The maximum Gasteiger partial charge on any atom is 0.224 e. The van der Waals surface area contributed by atoms with Crippen LogP contribution in [0.15, 0.2) is 24.3 Å². The minimum Gasteiger partial charge on any atom is -0.385 e. The van der Waals surface area contributed by atoms with Crippen LogP contribution in [-0.2, 0) is 4.79 Å². The van der Waals surface area contributed by atoms with E-state index in [1.165, 1.54) is 12.1 Å². The fourth-order valence-electron chi connectivity index (χ4n) is 3.47. The summed E-state index contributed by atoms with van der Waals surface area (Å²) in [5, 5.41) is 3.38. The Bertz CT molecular complexity index is 517. The lowest BCUT2D eigenvalue weighted by Crippen LogP contribution is -2.44. The molecule has 2 fully saturated rings. The zero-order valence-electron chi connectivity index (χ0n) is 14.8. The van der Waals surface area contributed by atoms with Gasteiger partial charge in [0.1, 0.15) is 0 Å². The van der Waals surface area contributed by atoms with Gasteiger partial charge >= 0.3 is 0 Å².